The zero-order chi connectivity index (χ0) is 7.72. The number of Topliss-reactive ketones (excluding diaryl/α,β-unsaturated/α-hetero) is 1. The maximum Gasteiger partial charge on any atom is 0.173 e. The molecule has 1 N–H and O–H groups in total. The molecule has 0 saturated heterocycles. The second-order valence-corrected chi connectivity index (χ2v) is 3.38. The van der Waals surface area contributed by atoms with Crippen molar-refractivity contribution in [2.45, 2.75) is 13.8 Å². The molecule has 1 aromatic rings. The molecule has 0 aromatic carbocycles. The first-order valence-electron chi connectivity index (χ1n) is 2.91. The molecule has 1 heterocycles. The van der Waals surface area contributed by atoms with Gasteiger partial charge >= 0.3 is 0 Å². The third kappa shape index (κ3) is 1.19. The molecule has 2 nitrogen and oxygen atoms in total. The van der Waals surface area contributed by atoms with E-state index < -0.39 is 0 Å². The quantitative estimate of drug-likeness (QED) is 0.631. The standard InChI is InChI=1S/C7H8O2S/c1-4-3-6(9)7(10-4)5(2)8/h3,9H,1-2H3. The Balaban J connectivity index is 3.15. The number of aryl methyl sites for hydroxylation is 1. The number of carbonyl (C=O) groups is 1. The normalized spacial score (nSPS) is 9.80. The van der Waals surface area contributed by atoms with Crippen molar-refractivity contribution >= 4 is 17.1 Å². The van der Waals surface area contributed by atoms with E-state index in [1.807, 2.05) is 6.92 Å². The molecule has 0 unspecified atom stereocenters. The second-order valence-electron chi connectivity index (χ2n) is 2.13. The largest absolute Gasteiger partial charge is 0.506 e. The fourth-order valence-electron chi connectivity index (χ4n) is 0.753. The highest BCUT2D eigenvalue weighted by Crippen LogP contribution is 2.27. The molecule has 1 rings (SSSR count). The fraction of sp³-hybridized carbons (Fsp3) is 0.286. The monoisotopic (exact) mass is 156 g/mol. The molecular weight excluding hydrogens is 148 g/mol. The van der Waals surface area contributed by atoms with Crippen molar-refractivity contribution in [3.05, 3.63) is 15.8 Å². The van der Waals surface area contributed by atoms with Crippen LogP contribution in [0.3, 0.4) is 0 Å². The number of ketones is 1. The van der Waals surface area contributed by atoms with Crippen LogP contribution in [0.25, 0.3) is 0 Å². The molecule has 0 radical (unpaired) electrons. The van der Waals surface area contributed by atoms with Gasteiger partial charge in [0.1, 0.15) is 10.6 Å². The van der Waals surface area contributed by atoms with E-state index in [0.717, 1.165) is 4.88 Å². The van der Waals surface area contributed by atoms with E-state index in [1.54, 1.807) is 6.07 Å². The molecule has 0 saturated carbocycles. The summed E-state index contributed by atoms with van der Waals surface area (Å²) in [5.41, 5.74) is 0. The van der Waals surface area contributed by atoms with E-state index in [9.17, 15) is 4.79 Å². The number of hydrogen-bond acceptors (Lipinski definition) is 3. The van der Waals surface area contributed by atoms with Crippen LogP contribution in [0.1, 0.15) is 21.5 Å². The Hall–Kier alpha value is -0.830. The van der Waals surface area contributed by atoms with Gasteiger partial charge in [-0.1, -0.05) is 0 Å². The lowest BCUT2D eigenvalue weighted by atomic mass is 10.3. The van der Waals surface area contributed by atoms with Crippen LogP contribution < -0.4 is 0 Å². The summed E-state index contributed by atoms with van der Waals surface area (Å²) in [5, 5.41) is 9.09. The molecule has 0 amide bonds. The summed E-state index contributed by atoms with van der Waals surface area (Å²) in [6.07, 6.45) is 0. The van der Waals surface area contributed by atoms with Gasteiger partial charge in [-0.2, -0.15) is 0 Å². The lowest BCUT2D eigenvalue weighted by molar-refractivity contribution is 0.101. The van der Waals surface area contributed by atoms with Crippen molar-refractivity contribution in [3.8, 4) is 5.75 Å². The smallest absolute Gasteiger partial charge is 0.173 e. The lowest BCUT2D eigenvalue weighted by Crippen LogP contribution is -1.85. The number of carbonyl (C=O) groups excluding carboxylic acids is 1. The molecule has 0 spiro atoms. The third-order valence-electron chi connectivity index (χ3n) is 1.16. The molecule has 0 bridgehead atoms. The number of rotatable bonds is 1. The van der Waals surface area contributed by atoms with E-state index in [1.165, 1.54) is 18.3 Å². The summed E-state index contributed by atoms with van der Waals surface area (Å²) >= 11 is 1.32. The van der Waals surface area contributed by atoms with Crippen LogP contribution in [-0.2, 0) is 0 Å². The molecule has 3 heteroatoms. The molecule has 10 heavy (non-hydrogen) atoms. The van der Waals surface area contributed by atoms with Gasteiger partial charge in [-0.05, 0) is 13.0 Å². The van der Waals surface area contributed by atoms with Crippen molar-refractivity contribution in [1.82, 2.24) is 0 Å². The Labute approximate surface area is 63.1 Å². The fourth-order valence-corrected chi connectivity index (χ4v) is 1.55. The number of aromatic hydroxyl groups is 1. The summed E-state index contributed by atoms with van der Waals surface area (Å²) in [7, 11) is 0. The minimum atomic E-state index is -0.0735. The van der Waals surface area contributed by atoms with Crippen LogP contribution in [0.5, 0.6) is 5.75 Å². The van der Waals surface area contributed by atoms with Crippen molar-refractivity contribution in [3.63, 3.8) is 0 Å². The van der Waals surface area contributed by atoms with Crippen molar-refractivity contribution < 1.29 is 9.90 Å². The highest BCUT2D eigenvalue weighted by Gasteiger charge is 2.08. The summed E-state index contributed by atoms with van der Waals surface area (Å²) in [6.45, 7) is 3.31. The van der Waals surface area contributed by atoms with E-state index >= 15 is 0 Å². The van der Waals surface area contributed by atoms with E-state index in [-0.39, 0.29) is 11.5 Å². The number of thiophene rings is 1. The first-order chi connectivity index (χ1) is 4.61. The van der Waals surface area contributed by atoms with Gasteiger partial charge in [-0.3, -0.25) is 4.79 Å². The Morgan fingerprint density at radius 2 is 2.30 bits per heavy atom. The first-order valence-corrected chi connectivity index (χ1v) is 3.73. The van der Waals surface area contributed by atoms with Crippen LogP contribution in [0.4, 0.5) is 0 Å². The molecule has 0 fully saturated rings. The summed E-state index contributed by atoms with van der Waals surface area (Å²) in [5.74, 6) is 0.0330. The topological polar surface area (TPSA) is 37.3 Å². The van der Waals surface area contributed by atoms with Gasteiger partial charge in [0.05, 0.1) is 0 Å². The average Bonchev–Trinajstić information content (AvgIpc) is 2.10. The zero-order valence-corrected chi connectivity index (χ0v) is 6.66. The van der Waals surface area contributed by atoms with Gasteiger partial charge in [-0.25, -0.2) is 0 Å². The van der Waals surface area contributed by atoms with Gasteiger partial charge in [0.2, 0.25) is 0 Å². The Bertz CT molecular complexity index is 263. The predicted molar refractivity (Wildman–Crippen MR) is 40.7 cm³/mol. The van der Waals surface area contributed by atoms with Gasteiger partial charge in [0.25, 0.3) is 0 Å². The highest BCUT2D eigenvalue weighted by atomic mass is 32.1. The van der Waals surface area contributed by atoms with Gasteiger partial charge in [-0.15, -0.1) is 11.3 Å². The molecule has 0 aliphatic carbocycles. The zero-order valence-electron chi connectivity index (χ0n) is 5.84. The first kappa shape index (κ1) is 7.28. The maximum absolute atomic E-state index is 10.7. The van der Waals surface area contributed by atoms with Crippen LogP contribution in [0.15, 0.2) is 6.07 Å². The lowest BCUT2D eigenvalue weighted by Gasteiger charge is -1.86. The summed E-state index contributed by atoms with van der Waals surface area (Å²) < 4.78 is 0. The van der Waals surface area contributed by atoms with Crippen LogP contribution in [0.2, 0.25) is 0 Å². The minimum Gasteiger partial charge on any atom is -0.506 e. The maximum atomic E-state index is 10.7. The van der Waals surface area contributed by atoms with Crippen LogP contribution >= 0.6 is 11.3 Å². The SMILES string of the molecule is CC(=O)c1sc(C)cc1O. The summed E-state index contributed by atoms with van der Waals surface area (Å²) in [6, 6.07) is 1.60. The number of hydrogen-bond donors (Lipinski definition) is 1. The summed E-state index contributed by atoms with van der Waals surface area (Å²) in [4.78, 5) is 12.1. The van der Waals surface area contributed by atoms with Crippen LogP contribution in [0, 0.1) is 6.92 Å². The van der Waals surface area contributed by atoms with E-state index in [0.29, 0.717) is 4.88 Å². The minimum absolute atomic E-state index is 0.0735. The average molecular weight is 156 g/mol. The van der Waals surface area contributed by atoms with Gasteiger partial charge < -0.3 is 5.11 Å². The van der Waals surface area contributed by atoms with Crippen molar-refractivity contribution in [1.29, 1.82) is 0 Å². The molecule has 0 atom stereocenters. The van der Waals surface area contributed by atoms with E-state index in [2.05, 4.69) is 0 Å². The van der Waals surface area contributed by atoms with E-state index in [4.69, 9.17) is 5.11 Å². The van der Waals surface area contributed by atoms with Crippen molar-refractivity contribution in [2.24, 2.45) is 0 Å². The van der Waals surface area contributed by atoms with Crippen LogP contribution in [-0.4, -0.2) is 10.9 Å². The van der Waals surface area contributed by atoms with Gasteiger partial charge in [0.15, 0.2) is 5.78 Å². The molecule has 0 aliphatic rings. The second kappa shape index (κ2) is 2.42. The predicted octanol–water partition coefficient (Wildman–Crippen LogP) is 1.96. The molecule has 54 valence electrons. The molecular formula is C7H8O2S. The van der Waals surface area contributed by atoms with Crippen molar-refractivity contribution in [2.75, 3.05) is 0 Å². The van der Waals surface area contributed by atoms with Gasteiger partial charge in [0, 0.05) is 11.8 Å². The highest BCUT2D eigenvalue weighted by molar-refractivity contribution is 7.14. The molecule has 0 aliphatic heterocycles. The Morgan fingerprint density at radius 1 is 1.70 bits per heavy atom. The third-order valence-corrected chi connectivity index (χ3v) is 2.30. The Morgan fingerprint density at radius 3 is 2.50 bits per heavy atom. The Kier molecular flexibility index (Phi) is 1.76. The molecule has 1 aromatic heterocycles.